The van der Waals surface area contributed by atoms with Gasteiger partial charge in [0.15, 0.2) is 0 Å². The molecule has 2 aliphatic rings. The third-order valence-electron chi connectivity index (χ3n) is 11.9. The molecule has 0 atom stereocenters. The summed E-state index contributed by atoms with van der Waals surface area (Å²) in [7, 11) is 3.30. The number of carbonyl (C=O) groups excluding carboxylic acids is 4. The summed E-state index contributed by atoms with van der Waals surface area (Å²) >= 11 is 2.39. The zero-order valence-electron chi connectivity index (χ0n) is 39.0. The predicted molar refractivity (Wildman–Crippen MR) is 259 cm³/mol. The number of methoxy groups -OCH3 is 2. The third-order valence-corrected chi connectivity index (χ3v) is 14.2. The van der Waals surface area contributed by atoms with Crippen molar-refractivity contribution in [3.05, 3.63) is 92.0 Å². The fourth-order valence-electron chi connectivity index (χ4n) is 7.77. The summed E-state index contributed by atoms with van der Waals surface area (Å²) < 4.78 is 21.6. The smallest absolute Gasteiger partial charge is 0.223 e. The minimum atomic E-state index is -0.0334. The molecule has 0 aliphatic carbocycles. The van der Waals surface area contributed by atoms with Crippen LogP contribution in [0.25, 0.3) is 0 Å². The van der Waals surface area contributed by atoms with Gasteiger partial charge in [-0.05, 0) is 61.3 Å². The van der Waals surface area contributed by atoms with Crippen molar-refractivity contribution < 1.29 is 38.1 Å². The van der Waals surface area contributed by atoms with Gasteiger partial charge in [-0.2, -0.15) is 0 Å². The average Bonchev–Trinajstić information content (AvgIpc) is 3.32. The first-order valence-corrected chi connectivity index (χ1v) is 24.9. The Morgan fingerprint density at radius 1 is 0.562 bits per heavy atom. The SMILES string of the molecule is COCC/C(SC(=O)c1ccc(CN2CCOCC2)cc1)=C(\C)N(C=O)CCCCCCCCCCCCN(C=O)/C(C)=C(/CCOC)SC(=O)c1ccc(CN2CCOCC2)cc1. The van der Waals surface area contributed by atoms with Crippen LogP contribution in [0.4, 0.5) is 0 Å². The number of thioether (sulfide) groups is 2. The van der Waals surface area contributed by atoms with Crippen LogP contribution in [0.2, 0.25) is 0 Å². The Labute approximate surface area is 391 Å². The Morgan fingerprint density at radius 3 is 1.20 bits per heavy atom. The number of amides is 2. The Hall–Kier alpha value is -3.34. The topological polar surface area (TPSA) is 118 Å². The standard InChI is InChI=1S/C50H74N4O8S2/c1-41(47(23-31-59-3)63-49(57)45-19-15-43(16-20-45)37-51-27-33-61-34-28-51)53(39-55)25-13-11-9-7-5-6-8-10-12-14-26-54(40-56)42(2)48(24-32-60-4)64-50(58)46-21-17-44(18-22-46)38-52-29-35-62-36-30-52/h15-22,39-40H,5-14,23-38H2,1-4H3/b47-41-,48-42-. The summed E-state index contributed by atoms with van der Waals surface area (Å²) in [6.07, 6.45) is 13.7. The van der Waals surface area contributed by atoms with Gasteiger partial charge in [-0.1, -0.05) is 99.9 Å². The first kappa shape index (κ1) is 53.3. The van der Waals surface area contributed by atoms with Gasteiger partial charge < -0.3 is 28.7 Å². The molecule has 0 unspecified atom stereocenters. The Balaban J connectivity index is 1.11. The second-order valence-electron chi connectivity index (χ2n) is 16.6. The number of nitrogens with zero attached hydrogens (tertiary/aromatic N) is 4. The summed E-state index contributed by atoms with van der Waals surface area (Å²) in [5.41, 5.74) is 5.27. The molecule has 2 aromatic rings. The van der Waals surface area contributed by atoms with Crippen LogP contribution in [-0.4, -0.2) is 136 Å². The van der Waals surface area contributed by atoms with E-state index in [1.165, 1.54) is 47.5 Å². The summed E-state index contributed by atoms with van der Waals surface area (Å²) in [5, 5.41) is -0.0669. The molecular formula is C50H74N4O8S2. The van der Waals surface area contributed by atoms with Crippen LogP contribution in [-0.2, 0) is 41.6 Å². The summed E-state index contributed by atoms with van der Waals surface area (Å²) in [4.78, 5) is 61.0. The minimum absolute atomic E-state index is 0.0334. The second-order valence-corrected chi connectivity index (χ2v) is 18.7. The highest BCUT2D eigenvalue weighted by atomic mass is 32.2. The fraction of sp³-hybridized carbons (Fsp3) is 0.600. The molecular weight excluding hydrogens is 849 g/mol. The molecule has 2 heterocycles. The van der Waals surface area contributed by atoms with E-state index in [9.17, 15) is 19.2 Å². The van der Waals surface area contributed by atoms with Crippen LogP contribution in [0.1, 0.15) is 123 Å². The summed E-state index contributed by atoms with van der Waals surface area (Å²) in [5.74, 6) is 0. The molecule has 2 fully saturated rings. The monoisotopic (exact) mass is 922 g/mol. The van der Waals surface area contributed by atoms with E-state index in [2.05, 4.69) is 9.80 Å². The van der Waals surface area contributed by atoms with Crippen LogP contribution in [0.5, 0.6) is 0 Å². The van der Waals surface area contributed by atoms with Crippen molar-refractivity contribution >= 4 is 46.6 Å². The minimum Gasteiger partial charge on any atom is -0.384 e. The number of rotatable bonds is 31. The van der Waals surface area contributed by atoms with Crippen LogP contribution in [0, 0.1) is 0 Å². The lowest BCUT2D eigenvalue weighted by Crippen LogP contribution is -2.35. The van der Waals surface area contributed by atoms with Crippen molar-refractivity contribution in [1.29, 1.82) is 0 Å². The Bertz CT molecular complexity index is 1620. The van der Waals surface area contributed by atoms with Gasteiger partial charge in [-0.25, -0.2) is 0 Å². The van der Waals surface area contributed by atoms with Crippen molar-refractivity contribution in [2.45, 2.75) is 104 Å². The molecule has 0 spiro atoms. The van der Waals surface area contributed by atoms with Crippen molar-refractivity contribution in [3.8, 4) is 0 Å². The number of hydrogen-bond acceptors (Lipinski definition) is 12. The quantitative estimate of drug-likeness (QED) is 0.0530. The molecule has 12 nitrogen and oxygen atoms in total. The summed E-state index contributed by atoms with van der Waals surface area (Å²) in [6.45, 7) is 14.4. The molecule has 2 aromatic carbocycles. The fourth-order valence-corrected chi connectivity index (χ4v) is 9.62. The van der Waals surface area contributed by atoms with Crippen molar-refractivity contribution in [2.24, 2.45) is 0 Å². The molecule has 2 saturated heterocycles. The van der Waals surface area contributed by atoms with E-state index in [1.807, 2.05) is 62.4 Å². The zero-order chi connectivity index (χ0) is 45.8. The molecule has 64 heavy (non-hydrogen) atoms. The van der Waals surface area contributed by atoms with E-state index >= 15 is 0 Å². The van der Waals surface area contributed by atoms with Gasteiger partial charge in [0.2, 0.25) is 23.1 Å². The van der Waals surface area contributed by atoms with Crippen LogP contribution in [0.3, 0.4) is 0 Å². The number of ether oxygens (including phenoxy) is 4. The van der Waals surface area contributed by atoms with Gasteiger partial charge in [-0.15, -0.1) is 0 Å². The molecule has 0 radical (unpaired) electrons. The first-order chi connectivity index (χ1) is 31.3. The molecule has 2 aliphatic heterocycles. The maximum absolute atomic E-state index is 13.3. The maximum Gasteiger partial charge on any atom is 0.223 e. The zero-order valence-corrected chi connectivity index (χ0v) is 40.7. The number of unbranched alkanes of at least 4 members (excludes halogenated alkanes) is 9. The van der Waals surface area contributed by atoms with E-state index in [0.29, 0.717) is 50.3 Å². The number of hydrogen-bond donors (Lipinski definition) is 0. The van der Waals surface area contributed by atoms with Gasteiger partial charge in [0.1, 0.15) is 0 Å². The molecule has 14 heteroatoms. The van der Waals surface area contributed by atoms with Crippen molar-refractivity contribution in [1.82, 2.24) is 19.6 Å². The van der Waals surface area contributed by atoms with E-state index in [-0.39, 0.29) is 10.2 Å². The second kappa shape index (κ2) is 31.6. The molecule has 2 amide bonds. The lowest BCUT2D eigenvalue weighted by atomic mass is 10.1. The molecule has 0 aromatic heterocycles. The number of allylic oxidation sites excluding steroid dienone is 2. The highest BCUT2D eigenvalue weighted by Gasteiger charge is 2.19. The lowest BCUT2D eigenvalue weighted by Gasteiger charge is -2.26. The predicted octanol–water partition coefficient (Wildman–Crippen LogP) is 9.15. The Kier molecular flexibility index (Phi) is 26.3. The first-order valence-electron chi connectivity index (χ1n) is 23.3. The van der Waals surface area contributed by atoms with Crippen molar-refractivity contribution in [2.75, 3.05) is 93.1 Å². The highest BCUT2D eigenvalue weighted by molar-refractivity contribution is 8.17. The van der Waals surface area contributed by atoms with E-state index in [1.54, 1.807) is 24.0 Å². The number of benzene rings is 2. The van der Waals surface area contributed by atoms with Crippen molar-refractivity contribution in [3.63, 3.8) is 0 Å². The van der Waals surface area contributed by atoms with Crippen LogP contribution >= 0.6 is 23.5 Å². The lowest BCUT2D eigenvalue weighted by molar-refractivity contribution is -0.117. The number of morpholine rings is 2. The maximum atomic E-state index is 13.3. The molecule has 0 N–H and O–H groups in total. The Morgan fingerprint density at radius 2 is 0.891 bits per heavy atom. The molecule has 354 valence electrons. The average molecular weight is 923 g/mol. The van der Waals surface area contributed by atoms with Gasteiger partial charge in [0.05, 0.1) is 39.6 Å². The highest BCUT2D eigenvalue weighted by Crippen LogP contribution is 2.31. The number of carbonyl (C=O) groups is 4. The van der Waals surface area contributed by atoms with Gasteiger partial charge in [0.25, 0.3) is 0 Å². The van der Waals surface area contributed by atoms with E-state index < -0.39 is 0 Å². The van der Waals surface area contributed by atoms with Crippen LogP contribution < -0.4 is 0 Å². The van der Waals surface area contributed by atoms with E-state index in [4.69, 9.17) is 18.9 Å². The van der Waals surface area contributed by atoms with E-state index in [0.717, 1.165) is 151 Å². The van der Waals surface area contributed by atoms with Gasteiger partial charge in [-0.3, -0.25) is 29.0 Å². The van der Waals surface area contributed by atoms with Gasteiger partial charge in [0, 0.05) is 112 Å². The third kappa shape index (κ3) is 19.6. The van der Waals surface area contributed by atoms with Gasteiger partial charge >= 0.3 is 0 Å². The molecule has 0 saturated carbocycles. The largest absolute Gasteiger partial charge is 0.384 e. The summed E-state index contributed by atoms with van der Waals surface area (Å²) in [6, 6.07) is 15.7. The molecule has 0 bridgehead atoms. The molecule has 4 rings (SSSR count). The normalized spacial score (nSPS) is 15.6. The van der Waals surface area contributed by atoms with Crippen LogP contribution in [0.15, 0.2) is 69.7 Å².